The largest absolute Gasteiger partial charge is 0.457 e. The molecule has 10 aromatic rings. The Kier molecular flexibility index (Phi) is 9.56. The van der Waals surface area contributed by atoms with Crippen molar-refractivity contribution in [3.63, 3.8) is 0 Å². The van der Waals surface area contributed by atoms with Gasteiger partial charge in [-0.05, 0) is 115 Å². The third kappa shape index (κ3) is 7.81. The van der Waals surface area contributed by atoms with E-state index >= 15 is 0 Å². The number of para-hydroxylation sites is 1. The van der Waals surface area contributed by atoms with E-state index in [1.807, 2.05) is 78.9 Å². The fourth-order valence-electron chi connectivity index (χ4n) is 8.13. The van der Waals surface area contributed by atoms with Gasteiger partial charge in [-0.3, -0.25) is 9.11 Å². The number of benzene rings is 7. The van der Waals surface area contributed by atoms with E-state index in [2.05, 4.69) is 9.97 Å². The molecule has 2 aliphatic rings. The number of rotatable bonds is 8. The van der Waals surface area contributed by atoms with Crippen LogP contribution in [0.5, 0.6) is 34.5 Å². The van der Waals surface area contributed by atoms with Gasteiger partial charge in [-0.2, -0.15) is 16.8 Å². The molecule has 5 heterocycles. The minimum Gasteiger partial charge on any atom is -0.457 e. The first-order valence-corrected chi connectivity index (χ1v) is 23.8. The predicted molar refractivity (Wildman–Crippen MR) is 255 cm³/mol. The molecule has 0 saturated heterocycles. The first kappa shape index (κ1) is 41.5. The third-order valence-corrected chi connectivity index (χ3v) is 13.1. The van der Waals surface area contributed by atoms with Crippen LogP contribution in [0.4, 0.5) is 0 Å². The monoisotopic (exact) mass is 950 g/mol. The highest BCUT2D eigenvalue weighted by molar-refractivity contribution is 7.86. The van der Waals surface area contributed by atoms with Gasteiger partial charge in [0.25, 0.3) is 20.2 Å². The summed E-state index contributed by atoms with van der Waals surface area (Å²) in [6.45, 7) is 0. The number of aromatic amines is 2. The number of ether oxygens (including phenoxy) is 3. The molecule has 12 rings (SSSR count). The summed E-state index contributed by atoms with van der Waals surface area (Å²) in [7, 11) is -8.82. The fraction of sp³-hybridized carbons (Fsp3) is 0. The van der Waals surface area contributed by atoms with E-state index in [4.69, 9.17) is 44.1 Å². The summed E-state index contributed by atoms with van der Waals surface area (Å²) < 4.78 is 84.4. The van der Waals surface area contributed by atoms with E-state index in [9.17, 15) is 25.9 Å². The molecule has 4 N–H and O–H groups in total. The molecule has 3 aromatic heterocycles. The van der Waals surface area contributed by atoms with Crippen molar-refractivity contribution in [2.75, 3.05) is 0 Å². The molecule has 0 fully saturated rings. The maximum absolute atomic E-state index is 11.7. The highest BCUT2D eigenvalue weighted by Crippen LogP contribution is 2.41. The lowest BCUT2D eigenvalue weighted by Gasteiger charge is -2.08. The number of nitrogens with zero attached hydrogens (tertiary/aromatic N) is 6. The van der Waals surface area contributed by atoms with E-state index < -0.39 is 20.2 Å². The normalized spacial score (nSPS) is 12.1. The molecule has 69 heavy (non-hydrogen) atoms. The third-order valence-electron chi connectivity index (χ3n) is 11.3. The van der Waals surface area contributed by atoms with Gasteiger partial charge in [0.1, 0.15) is 57.1 Å². The van der Waals surface area contributed by atoms with Crippen LogP contribution in [0.3, 0.4) is 0 Å². The zero-order valence-electron chi connectivity index (χ0n) is 35.3. The lowest BCUT2D eigenvalue weighted by molar-refractivity contribution is 0.476. The van der Waals surface area contributed by atoms with Crippen LogP contribution in [-0.2, 0) is 20.2 Å². The van der Waals surface area contributed by atoms with Crippen molar-refractivity contribution in [2.24, 2.45) is 0 Å². The fourth-order valence-corrected chi connectivity index (χ4v) is 9.09. The molecule has 19 heteroatoms. The Morgan fingerprint density at radius 3 is 1.13 bits per heavy atom. The number of aromatic nitrogens is 8. The molecule has 2 aliphatic heterocycles. The quantitative estimate of drug-likeness (QED) is 0.103. The molecule has 0 spiro atoms. The number of hydrogen-bond acceptors (Lipinski definition) is 13. The van der Waals surface area contributed by atoms with E-state index in [1.165, 1.54) is 48.5 Å². The van der Waals surface area contributed by atoms with E-state index in [1.54, 1.807) is 30.3 Å². The van der Waals surface area contributed by atoms with Crippen LogP contribution in [0.15, 0.2) is 168 Å². The van der Waals surface area contributed by atoms with Gasteiger partial charge in [-0.15, -0.1) is 0 Å². The first-order valence-electron chi connectivity index (χ1n) is 20.9. The smallest absolute Gasteiger partial charge is 0.294 e. The highest BCUT2D eigenvalue weighted by Gasteiger charge is 2.24. The second-order valence-corrected chi connectivity index (χ2v) is 18.6. The van der Waals surface area contributed by atoms with Gasteiger partial charge in [0, 0.05) is 43.8 Å². The van der Waals surface area contributed by atoms with Crippen molar-refractivity contribution in [3.05, 3.63) is 158 Å². The summed E-state index contributed by atoms with van der Waals surface area (Å²) in [6.07, 6.45) is 0. The second-order valence-electron chi connectivity index (χ2n) is 15.8. The van der Waals surface area contributed by atoms with Gasteiger partial charge in [-0.1, -0.05) is 42.5 Å². The first-order chi connectivity index (χ1) is 33.4. The maximum atomic E-state index is 11.7. The van der Waals surface area contributed by atoms with E-state index in [0.717, 1.165) is 10.8 Å². The Hall–Kier alpha value is -8.88. The second kappa shape index (κ2) is 15.9. The average Bonchev–Trinajstić information content (AvgIpc) is 4.07. The molecule has 0 radical (unpaired) electrons. The predicted octanol–water partition coefficient (Wildman–Crippen LogP) is 10.7. The number of H-pyrrole nitrogens is 2. The van der Waals surface area contributed by atoms with Crippen molar-refractivity contribution in [2.45, 2.75) is 9.79 Å². The maximum Gasteiger partial charge on any atom is 0.294 e. The van der Waals surface area contributed by atoms with Crippen LogP contribution in [0.25, 0.3) is 89.7 Å². The van der Waals surface area contributed by atoms with Crippen LogP contribution in [-0.4, -0.2) is 65.8 Å². The van der Waals surface area contributed by atoms with Gasteiger partial charge < -0.3 is 24.2 Å². The standard InChI is InChI=1S/C50H30N8O9S2/c59-68(60,61)33-17-10-28(11-18-33)66-31-15-22-38-41(25-31)48-53-44-36-9-5-4-8-35(36)43(51-44)52-45-37-21-14-30(65-27-6-2-1-3-7-27)24-40(37)49(54-45)56-47-39-23-16-32(26-42(39)50(58-47)57-46(38)55-48)67-29-12-19-34(20-13-29)69(62,63)64/h1-26H,(H,59,60,61)(H,62,63,64)(H2,51,52,53,54,55,56,57,58). The van der Waals surface area contributed by atoms with Crippen LogP contribution in [0, 0.1) is 0 Å². The van der Waals surface area contributed by atoms with Gasteiger partial charge in [0.15, 0.2) is 23.3 Å². The van der Waals surface area contributed by atoms with Crippen molar-refractivity contribution in [1.82, 2.24) is 39.9 Å². The number of hydrogen-bond donors (Lipinski definition) is 4. The molecule has 0 atom stereocenters. The van der Waals surface area contributed by atoms with E-state index in [0.29, 0.717) is 113 Å². The minimum absolute atomic E-state index is 0.274. The Balaban J connectivity index is 1.09. The molecule has 336 valence electrons. The van der Waals surface area contributed by atoms with Crippen molar-refractivity contribution >= 4 is 64.4 Å². The van der Waals surface area contributed by atoms with Crippen molar-refractivity contribution in [1.29, 1.82) is 0 Å². The Labute approximate surface area is 390 Å². The molecule has 0 amide bonds. The molecule has 7 aromatic carbocycles. The Morgan fingerprint density at radius 2 is 0.681 bits per heavy atom. The zero-order valence-corrected chi connectivity index (χ0v) is 36.9. The topological polar surface area (TPSA) is 245 Å². The Bertz CT molecular complexity index is 4170. The van der Waals surface area contributed by atoms with Crippen LogP contribution in [0.2, 0.25) is 0 Å². The lowest BCUT2D eigenvalue weighted by Crippen LogP contribution is -1.97. The van der Waals surface area contributed by atoms with Crippen LogP contribution >= 0.6 is 0 Å². The van der Waals surface area contributed by atoms with Crippen LogP contribution in [0.1, 0.15) is 0 Å². The molecular weight excluding hydrogens is 921 g/mol. The molecule has 0 unspecified atom stereocenters. The Morgan fingerprint density at radius 1 is 0.333 bits per heavy atom. The van der Waals surface area contributed by atoms with E-state index in [-0.39, 0.29) is 9.79 Å². The molecule has 0 aliphatic carbocycles. The zero-order chi connectivity index (χ0) is 47.0. The lowest BCUT2D eigenvalue weighted by atomic mass is 10.1. The summed E-state index contributed by atoms with van der Waals surface area (Å²) in [5, 5.41) is 2.78. The van der Waals surface area contributed by atoms with Gasteiger partial charge in [0.2, 0.25) is 0 Å². The number of nitrogens with one attached hydrogen (secondary N) is 2. The summed E-state index contributed by atoms with van der Waals surface area (Å²) in [5.74, 6) is 3.94. The molecule has 17 nitrogen and oxygen atoms in total. The summed E-state index contributed by atoms with van der Waals surface area (Å²) in [6, 6.07) is 44.0. The summed E-state index contributed by atoms with van der Waals surface area (Å²) >= 11 is 0. The van der Waals surface area contributed by atoms with Crippen molar-refractivity contribution < 1.29 is 40.2 Å². The van der Waals surface area contributed by atoms with Crippen LogP contribution < -0.4 is 14.2 Å². The summed E-state index contributed by atoms with van der Waals surface area (Å²) in [5.41, 5.74) is 4.29. The van der Waals surface area contributed by atoms with Gasteiger partial charge >= 0.3 is 0 Å². The molecular formula is C50H30N8O9S2. The highest BCUT2D eigenvalue weighted by atomic mass is 32.2. The van der Waals surface area contributed by atoms with Gasteiger partial charge in [-0.25, -0.2) is 29.9 Å². The molecule has 8 bridgehead atoms. The number of fused-ring (bicyclic) bond motifs is 20. The van der Waals surface area contributed by atoms with Gasteiger partial charge in [0.05, 0.1) is 9.79 Å². The SMILES string of the molecule is O=S(=O)(O)c1ccc(Oc2ccc3c(c2)-c2nc-3nc3[nH]c(nc4nc(nc5[nH]c(n2)c2ccccc52)-c2ccc(Oc5ccccc5)cc2-4)c2ccc(Oc4ccc(S(=O)(=O)O)cc4)cc32)cc1. The van der Waals surface area contributed by atoms with Crippen molar-refractivity contribution in [3.8, 4) is 80.0 Å². The summed E-state index contributed by atoms with van der Waals surface area (Å²) in [4.78, 5) is 36.7. The molecule has 0 saturated carbocycles. The minimum atomic E-state index is -4.42. The average molecular weight is 951 g/mol.